The molecule has 0 bridgehead atoms. The van der Waals surface area contributed by atoms with E-state index in [2.05, 4.69) is 22.2 Å². The number of likely N-dealkylation sites (N-methyl/N-ethyl adjacent to an activating group) is 1. The number of carbonyl (C=O) groups excluding carboxylic acids is 2. The lowest BCUT2D eigenvalue weighted by molar-refractivity contribution is -0.880. The number of amides is 1. The second-order valence-electron chi connectivity index (χ2n) is 7.10. The number of carbonyl (C=O) groups is 2. The van der Waals surface area contributed by atoms with Crippen LogP contribution in [0, 0.1) is 13.8 Å². The van der Waals surface area contributed by atoms with E-state index < -0.39 is 0 Å². The van der Waals surface area contributed by atoms with Crippen LogP contribution in [-0.4, -0.2) is 49.9 Å². The van der Waals surface area contributed by atoms with Crippen LogP contribution in [-0.2, 0) is 0 Å². The minimum absolute atomic E-state index is 0.0318. The molecule has 1 fully saturated rings. The highest BCUT2D eigenvalue weighted by atomic mass is 16.2. The number of aromatic nitrogens is 1. The fourth-order valence-electron chi connectivity index (χ4n) is 3.67. The van der Waals surface area contributed by atoms with Gasteiger partial charge >= 0.3 is 0 Å². The summed E-state index contributed by atoms with van der Waals surface area (Å²) in [7, 11) is 2.20. The molecule has 26 heavy (non-hydrogen) atoms. The second kappa shape index (κ2) is 7.33. The molecule has 0 spiro atoms. The Morgan fingerprint density at radius 1 is 1.15 bits per heavy atom. The Bertz CT molecular complexity index is 832. The number of aromatic amines is 1. The number of anilines is 2. The van der Waals surface area contributed by atoms with Crippen molar-refractivity contribution in [3.63, 3.8) is 0 Å². The standard InChI is InChI=1S/C20H26N4O2/c1-13-18(15(3)25)14(2)21-19(13)20(26)22-16-7-5-6-8-17(16)24-11-9-23(4)10-12-24/h5-8,21H,9-12H2,1-4H3,(H,22,26)/p+1. The summed E-state index contributed by atoms with van der Waals surface area (Å²) < 4.78 is 0. The topological polar surface area (TPSA) is 69.6 Å². The highest BCUT2D eigenvalue weighted by molar-refractivity contribution is 6.08. The van der Waals surface area contributed by atoms with E-state index in [9.17, 15) is 9.59 Å². The van der Waals surface area contributed by atoms with Gasteiger partial charge < -0.3 is 20.1 Å². The molecule has 138 valence electrons. The number of hydrogen-bond acceptors (Lipinski definition) is 3. The van der Waals surface area contributed by atoms with Crippen molar-refractivity contribution in [3.05, 3.63) is 46.8 Å². The molecule has 0 atom stereocenters. The minimum atomic E-state index is -0.217. The Hall–Kier alpha value is -2.60. The lowest BCUT2D eigenvalue weighted by atomic mass is 10.1. The zero-order chi connectivity index (χ0) is 18.8. The Kier molecular flexibility index (Phi) is 5.13. The Balaban J connectivity index is 1.85. The molecular formula is C20H27N4O2+. The summed E-state index contributed by atoms with van der Waals surface area (Å²) in [5, 5.41) is 3.03. The number of H-pyrrole nitrogens is 1. The summed E-state index contributed by atoms with van der Waals surface area (Å²) in [5.41, 5.74) is 4.33. The number of nitrogens with one attached hydrogen (secondary N) is 3. The fourth-order valence-corrected chi connectivity index (χ4v) is 3.67. The zero-order valence-corrected chi connectivity index (χ0v) is 15.9. The third-order valence-electron chi connectivity index (χ3n) is 5.13. The normalized spacial score (nSPS) is 15.2. The van der Waals surface area contributed by atoms with Crippen LogP contribution in [0.2, 0.25) is 0 Å². The molecule has 6 nitrogen and oxygen atoms in total. The highest BCUT2D eigenvalue weighted by Crippen LogP contribution is 2.27. The molecule has 3 N–H and O–H groups in total. The first kappa shape index (κ1) is 18.2. The van der Waals surface area contributed by atoms with Crippen molar-refractivity contribution < 1.29 is 14.5 Å². The number of piperazine rings is 1. The van der Waals surface area contributed by atoms with E-state index in [4.69, 9.17) is 0 Å². The number of hydrogen-bond donors (Lipinski definition) is 3. The lowest BCUT2D eigenvalue weighted by Crippen LogP contribution is -3.12. The van der Waals surface area contributed by atoms with Crippen LogP contribution in [0.1, 0.15) is 39.0 Å². The smallest absolute Gasteiger partial charge is 0.272 e. The molecule has 3 rings (SSSR count). The van der Waals surface area contributed by atoms with E-state index in [0.717, 1.165) is 43.2 Å². The first-order valence-corrected chi connectivity index (χ1v) is 9.05. The number of nitrogens with zero attached hydrogens (tertiary/aromatic N) is 1. The molecule has 0 radical (unpaired) electrons. The molecule has 1 aliphatic heterocycles. The molecule has 2 aromatic rings. The van der Waals surface area contributed by atoms with E-state index in [0.29, 0.717) is 16.8 Å². The quantitative estimate of drug-likeness (QED) is 0.727. The van der Waals surface area contributed by atoms with Crippen molar-refractivity contribution in [2.24, 2.45) is 0 Å². The predicted octanol–water partition coefficient (Wildman–Crippen LogP) is 1.42. The van der Waals surface area contributed by atoms with Gasteiger partial charge in [0.1, 0.15) is 5.69 Å². The van der Waals surface area contributed by atoms with Crippen LogP contribution in [0.25, 0.3) is 0 Å². The molecular weight excluding hydrogens is 328 g/mol. The van der Waals surface area contributed by atoms with Gasteiger partial charge in [-0.1, -0.05) is 12.1 Å². The zero-order valence-electron chi connectivity index (χ0n) is 15.9. The largest absolute Gasteiger partial charge is 0.359 e. The molecule has 1 aromatic carbocycles. The van der Waals surface area contributed by atoms with Gasteiger partial charge in [0, 0.05) is 11.3 Å². The third kappa shape index (κ3) is 3.51. The van der Waals surface area contributed by atoms with Crippen LogP contribution >= 0.6 is 0 Å². The second-order valence-corrected chi connectivity index (χ2v) is 7.10. The van der Waals surface area contributed by atoms with Crippen molar-refractivity contribution in [2.75, 3.05) is 43.4 Å². The number of Topliss-reactive ketones (excluding diaryl/α,β-unsaturated/α-hetero) is 1. The summed E-state index contributed by atoms with van der Waals surface area (Å²) >= 11 is 0. The van der Waals surface area contributed by atoms with Crippen molar-refractivity contribution in [1.29, 1.82) is 0 Å². The van der Waals surface area contributed by atoms with Crippen molar-refractivity contribution in [3.8, 4) is 0 Å². The van der Waals surface area contributed by atoms with Gasteiger partial charge in [-0.05, 0) is 38.5 Å². The number of aryl methyl sites for hydroxylation is 1. The first-order valence-electron chi connectivity index (χ1n) is 9.05. The number of benzene rings is 1. The van der Waals surface area contributed by atoms with Gasteiger partial charge in [0.2, 0.25) is 0 Å². The van der Waals surface area contributed by atoms with E-state index >= 15 is 0 Å². The monoisotopic (exact) mass is 355 g/mol. The summed E-state index contributed by atoms with van der Waals surface area (Å²) in [6.07, 6.45) is 0. The molecule has 1 amide bonds. The Labute approximate surface area is 154 Å². The van der Waals surface area contributed by atoms with Crippen LogP contribution in [0.5, 0.6) is 0 Å². The molecule has 0 saturated carbocycles. The molecule has 2 heterocycles. The van der Waals surface area contributed by atoms with Crippen molar-refractivity contribution in [1.82, 2.24) is 4.98 Å². The number of para-hydroxylation sites is 2. The van der Waals surface area contributed by atoms with Crippen LogP contribution < -0.4 is 15.1 Å². The maximum atomic E-state index is 12.8. The van der Waals surface area contributed by atoms with E-state index in [1.54, 1.807) is 0 Å². The van der Waals surface area contributed by atoms with Gasteiger partial charge in [0.15, 0.2) is 5.78 Å². The number of quaternary nitrogens is 1. The van der Waals surface area contributed by atoms with Crippen LogP contribution in [0.15, 0.2) is 24.3 Å². The van der Waals surface area contributed by atoms with Crippen LogP contribution in [0.4, 0.5) is 11.4 Å². The maximum absolute atomic E-state index is 12.8. The lowest BCUT2D eigenvalue weighted by Gasteiger charge is -2.33. The van der Waals surface area contributed by atoms with Gasteiger partial charge in [0.25, 0.3) is 5.91 Å². The SMILES string of the molecule is CC(=O)c1c(C)[nH]c(C(=O)Nc2ccccc2N2CC[NH+](C)CC2)c1C. The highest BCUT2D eigenvalue weighted by Gasteiger charge is 2.23. The summed E-state index contributed by atoms with van der Waals surface area (Å²) in [5.74, 6) is -0.249. The molecule has 1 aromatic heterocycles. The summed E-state index contributed by atoms with van der Waals surface area (Å²) in [4.78, 5) is 31.6. The van der Waals surface area contributed by atoms with Crippen molar-refractivity contribution in [2.45, 2.75) is 20.8 Å². The Morgan fingerprint density at radius 2 is 1.81 bits per heavy atom. The number of ketones is 1. The van der Waals surface area contributed by atoms with Crippen LogP contribution in [0.3, 0.4) is 0 Å². The van der Waals surface area contributed by atoms with Gasteiger partial charge in [-0.15, -0.1) is 0 Å². The Morgan fingerprint density at radius 3 is 2.42 bits per heavy atom. The summed E-state index contributed by atoms with van der Waals surface area (Å²) in [6.45, 7) is 9.25. The molecule has 0 aliphatic carbocycles. The molecule has 1 saturated heterocycles. The average Bonchev–Trinajstić information content (AvgIpc) is 2.91. The average molecular weight is 355 g/mol. The van der Waals surface area contributed by atoms with E-state index in [1.165, 1.54) is 11.8 Å². The van der Waals surface area contributed by atoms with Crippen molar-refractivity contribution >= 4 is 23.1 Å². The van der Waals surface area contributed by atoms with E-state index in [-0.39, 0.29) is 11.7 Å². The van der Waals surface area contributed by atoms with Gasteiger partial charge in [-0.25, -0.2) is 0 Å². The fraction of sp³-hybridized carbons (Fsp3) is 0.400. The molecule has 6 heteroatoms. The number of rotatable bonds is 4. The van der Waals surface area contributed by atoms with Gasteiger partial charge in [-0.3, -0.25) is 9.59 Å². The maximum Gasteiger partial charge on any atom is 0.272 e. The predicted molar refractivity (Wildman–Crippen MR) is 104 cm³/mol. The third-order valence-corrected chi connectivity index (χ3v) is 5.13. The molecule has 1 aliphatic rings. The van der Waals surface area contributed by atoms with Gasteiger partial charge in [0.05, 0.1) is 44.6 Å². The first-order chi connectivity index (χ1) is 12.4. The van der Waals surface area contributed by atoms with E-state index in [1.807, 2.05) is 38.1 Å². The minimum Gasteiger partial charge on any atom is -0.359 e. The van der Waals surface area contributed by atoms with Gasteiger partial charge in [-0.2, -0.15) is 0 Å². The summed E-state index contributed by atoms with van der Waals surface area (Å²) in [6, 6.07) is 7.89. The molecule has 0 unspecified atom stereocenters.